The Morgan fingerprint density at radius 2 is 2.14 bits per heavy atom. The molecule has 112 valence electrons. The molecule has 1 heterocycles. The molecule has 5 nitrogen and oxygen atoms in total. The molecule has 1 aromatic heterocycles. The zero-order valence-corrected chi connectivity index (χ0v) is 13.7. The van der Waals surface area contributed by atoms with Crippen LogP contribution in [-0.4, -0.2) is 26.8 Å². The predicted octanol–water partition coefficient (Wildman–Crippen LogP) is 3.74. The van der Waals surface area contributed by atoms with Crippen molar-refractivity contribution in [3.63, 3.8) is 0 Å². The number of rotatable bonds is 5. The van der Waals surface area contributed by atoms with Gasteiger partial charge in [-0.25, -0.2) is 4.79 Å². The smallest absolute Gasteiger partial charge is 0.335 e. The number of nitrogens with zero attached hydrogens (tertiary/aromatic N) is 2. The van der Waals surface area contributed by atoms with Crippen molar-refractivity contribution in [2.45, 2.75) is 36.4 Å². The Kier molecular flexibility index (Phi) is 4.84. The first-order valence-corrected chi connectivity index (χ1v) is 8.20. The van der Waals surface area contributed by atoms with Crippen LogP contribution in [0.15, 0.2) is 28.6 Å². The van der Waals surface area contributed by atoms with Crippen molar-refractivity contribution in [1.82, 2.24) is 10.2 Å². The molecule has 1 aromatic carbocycles. The van der Waals surface area contributed by atoms with Gasteiger partial charge in [-0.3, -0.25) is 0 Å². The second-order valence-corrected chi connectivity index (χ2v) is 7.74. The van der Waals surface area contributed by atoms with E-state index in [1.165, 1.54) is 11.3 Å². The van der Waals surface area contributed by atoms with Crippen molar-refractivity contribution >= 4 is 34.2 Å². The molecule has 0 amide bonds. The number of carboxylic acids is 1. The van der Waals surface area contributed by atoms with Crippen LogP contribution in [0.25, 0.3) is 0 Å². The summed E-state index contributed by atoms with van der Waals surface area (Å²) in [5.41, 5.74) is 1.22. The van der Waals surface area contributed by atoms with Crippen LogP contribution >= 0.6 is 23.1 Å². The summed E-state index contributed by atoms with van der Waals surface area (Å²) in [5.74, 6) is -0.236. The van der Waals surface area contributed by atoms with E-state index in [1.807, 2.05) is 6.07 Å². The van der Waals surface area contributed by atoms with Crippen LogP contribution in [0.2, 0.25) is 0 Å². The van der Waals surface area contributed by atoms with Gasteiger partial charge in [-0.2, -0.15) is 0 Å². The number of hydrogen-bond donors (Lipinski definition) is 2. The van der Waals surface area contributed by atoms with Crippen molar-refractivity contribution in [1.29, 1.82) is 0 Å². The zero-order valence-electron chi connectivity index (χ0n) is 12.1. The summed E-state index contributed by atoms with van der Waals surface area (Å²) in [6, 6.07) is 6.94. The normalized spacial score (nSPS) is 11.4. The minimum Gasteiger partial charge on any atom is -0.478 e. The highest BCUT2D eigenvalue weighted by atomic mass is 32.2. The molecular formula is C14H17N3O2S2. The lowest BCUT2D eigenvalue weighted by molar-refractivity contribution is 0.0697. The van der Waals surface area contributed by atoms with E-state index in [0.29, 0.717) is 11.3 Å². The SMILES string of the molecule is CC(C)(C)Nc1nnc(SCc2cccc(C(=O)O)c2)s1. The van der Waals surface area contributed by atoms with E-state index < -0.39 is 5.97 Å². The van der Waals surface area contributed by atoms with Crippen molar-refractivity contribution < 1.29 is 9.90 Å². The molecule has 7 heteroatoms. The number of aromatic nitrogens is 2. The molecule has 21 heavy (non-hydrogen) atoms. The van der Waals surface area contributed by atoms with Crippen molar-refractivity contribution in [2.75, 3.05) is 5.32 Å². The molecule has 0 spiro atoms. The summed E-state index contributed by atoms with van der Waals surface area (Å²) in [5, 5.41) is 21.3. The van der Waals surface area contributed by atoms with Crippen LogP contribution in [0.4, 0.5) is 5.13 Å². The topological polar surface area (TPSA) is 75.1 Å². The van der Waals surface area contributed by atoms with Crippen LogP contribution in [0.5, 0.6) is 0 Å². The van der Waals surface area contributed by atoms with E-state index in [1.54, 1.807) is 30.0 Å². The third kappa shape index (κ3) is 5.02. The van der Waals surface area contributed by atoms with Gasteiger partial charge in [0.05, 0.1) is 5.56 Å². The second-order valence-electron chi connectivity index (χ2n) is 5.54. The lowest BCUT2D eigenvalue weighted by Gasteiger charge is -2.18. The average molecular weight is 323 g/mol. The maximum absolute atomic E-state index is 10.9. The Balaban J connectivity index is 1.97. The van der Waals surface area contributed by atoms with Crippen LogP contribution in [0, 0.1) is 0 Å². The largest absolute Gasteiger partial charge is 0.478 e. The molecule has 0 fully saturated rings. The van der Waals surface area contributed by atoms with Gasteiger partial charge in [0.15, 0.2) is 4.34 Å². The van der Waals surface area contributed by atoms with Crippen molar-refractivity contribution in [3.8, 4) is 0 Å². The minimum atomic E-state index is -0.908. The first kappa shape index (κ1) is 15.8. The Hall–Kier alpha value is -1.60. The quantitative estimate of drug-likeness (QED) is 0.817. The number of anilines is 1. The molecule has 0 saturated heterocycles. The van der Waals surface area contributed by atoms with E-state index in [2.05, 4.69) is 36.3 Å². The molecule has 2 N–H and O–H groups in total. The van der Waals surface area contributed by atoms with Gasteiger partial charge in [0.1, 0.15) is 0 Å². The minimum absolute atomic E-state index is 0.0444. The number of hydrogen-bond acceptors (Lipinski definition) is 6. The molecule has 0 atom stereocenters. The fourth-order valence-corrected chi connectivity index (χ4v) is 3.48. The van der Waals surface area contributed by atoms with E-state index >= 15 is 0 Å². The summed E-state index contributed by atoms with van der Waals surface area (Å²) in [7, 11) is 0. The number of nitrogens with one attached hydrogen (secondary N) is 1. The fourth-order valence-electron chi connectivity index (χ4n) is 1.58. The standard InChI is InChI=1S/C14H17N3O2S2/c1-14(2,3)15-12-16-17-13(21-12)20-8-9-5-4-6-10(7-9)11(18)19/h4-7H,8H2,1-3H3,(H,15,16)(H,18,19). The highest BCUT2D eigenvalue weighted by molar-refractivity contribution is 8.00. The van der Waals surface area contributed by atoms with Gasteiger partial charge in [-0.15, -0.1) is 10.2 Å². The molecule has 0 bridgehead atoms. The monoisotopic (exact) mass is 323 g/mol. The lowest BCUT2D eigenvalue weighted by atomic mass is 10.1. The first-order chi connectivity index (χ1) is 9.83. The van der Waals surface area contributed by atoms with Crippen molar-refractivity contribution in [2.24, 2.45) is 0 Å². The Bertz CT molecular complexity index is 635. The average Bonchev–Trinajstić information content (AvgIpc) is 2.82. The van der Waals surface area contributed by atoms with Crippen LogP contribution in [0.1, 0.15) is 36.7 Å². The molecule has 2 aromatic rings. The van der Waals surface area contributed by atoms with Gasteiger partial charge in [0.25, 0.3) is 0 Å². The van der Waals surface area contributed by atoms with Gasteiger partial charge in [0.2, 0.25) is 5.13 Å². The number of thioether (sulfide) groups is 1. The Morgan fingerprint density at radius 1 is 1.38 bits per heavy atom. The molecule has 0 unspecified atom stereocenters. The summed E-state index contributed by atoms with van der Waals surface area (Å²) in [6.45, 7) is 6.20. The molecule has 0 aliphatic rings. The van der Waals surface area contributed by atoms with Gasteiger partial charge in [-0.1, -0.05) is 35.2 Å². The first-order valence-electron chi connectivity index (χ1n) is 6.40. The zero-order chi connectivity index (χ0) is 15.5. The predicted molar refractivity (Wildman–Crippen MR) is 86.2 cm³/mol. The number of carbonyl (C=O) groups is 1. The summed E-state index contributed by atoms with van der Waals surface area (Å²) in [4.78, 5) is 10.9. The number of carboxylic acid groups (broad SMARTS) is 1. The second kappa shape index (κ2) is 6.44. The maximum atomic E-state index is 10.9. The Morgan fingerprint density at radius 3 is 2.81 bits per heavy atom. The lowest BCUT2D eigenvalue weighted by Crippen LogP contribution is -2.25. The van der Waals surface area contributed by atoms with E-state index in [0.717, 1.165) is 15.0 Å². The van der Waals surface area contributed by atoms with Crippen LogP contribution in [0.3, 0.4) is 0 Å². The molecule has 0 saturated carbocycles. The molecule has 0 aliphatic heterocycles. The molecule has 2 rings (SSSR count). The van der Waals surface area contributed by atoms with Crippen molar-refractivity contribution in [3.05, 3.63) is 35.4 Å². The summed E-state index contributed by atoms with van der Waals surface area (Å²) in [6.07, 6.45) is 0. The van der Waals surface area contributed by atoms with Gasteiger partial charge in [-0.05, 0) is 38.5 Å². The summed E-state index contributed by atoms with van der Waals surface area (Å²) < 4.78 is 0.863. The highest BCUT2D eigenvalue weighted by Gasteiger charge is 2.13. The number of aromatic carboxylic acids is 1. The number of benzene rings is 1. The van der Waals surface area contributed by atoms with Gasteiger partial charge in [0, 0.05) is 11.3 Å². The van der Waals surface area contributed by atoms with Gasteiger partial charge < -0.3 is 10.4 Å². The van der Waals surface area contributed by atoms with Crippen LogP contribution in [-0.2, 0) is 5.75 Å². The maximum Gasteiger partial charge on any atom is 0.335 e. The van der Waals surface area contributed by atoms with Crippen LogP contribution < -0.4 is 5.32 Å². The van der Waals surface area contributed by atoms with E-state index in [9.17, 15) is 4.79 Å². The highest BCUT2D eigenvalue weighted by Crippen LogP contribution is 2.29. The summed E-state index contributed by atoms with van der Waals surface area (Å²) >= 11 is 3.06. The van der Waals surface area contributed by atoms with Gasteiger partial charge >= 0.3 is 5.97 Å². The molecule has 0 aliphatic carbocycles. The molecule has 0 radical (unpaired) electrons. The Labute approximate surface area is 131 Å². The molecular weight excluding hydrogens is 306 g/mol. The third-order valence-electron chi connectivity index (χ3n) is 2.42. The fraction of sp³-hybridized carbons (Fsp3) is 0.357. The third-order valence-corrected chi connectivity index (χ3v) is 4.47. The van der Waals surface area contributed by atoms with E-state index in [4.69, 9.17) is 5.11 Å². The van der Waals surface area contributed by atoms with E-state index in [-0.39, 0.29) is 5.54 Å².